The van der Waals surface area contributed by atoms with E-state index in [1.807, 2.05) is 35.4 Å². The van der Waals surface area contributed by atoms with Crippen molar-refractivity contribution in [2.75, 3.05) is 30.4 Å². The average molecular weight is 471 g/mol. The molecule has 2 aliphatic heterocycles. The first-order valence-corrected chi connectivity index (χ1v) is 11.9. The third-order valence-electron chi connectivity index (χ3n) is 6.30. The van der Waals surface area contributed by atoms with Gasteiger partial charge in [0.1, 0.15) is 11.5 Å². The smallest absolute Gasteiger partial charge is 0.246 e. The zero-order chi connectivity index (χ0) is 24.8. The Morgan fingerprint density at radius 2 is 2.11 bits per heavy atom. The summed E-state index contributed by atoms with van der Waals surface area (Å²) < 4.78 is 0. The molecule has 0 bridgehead atoms. The van der Waals surface area contributed by atoms with Gasteiger partial charge >= 0.3 is 0 Å². The molecule has 1 atom stereocenters. The minimum atomic E-state index is -0.0463. The summed E-state index contributed by atoms with van der Waals surface area (Å²) in [7, 11) is 1.75. The Morgan fingerprint density at radius 3 is 2.86 bits per heavy atom. The number of likely N-dealkylation sites (tertiary alicyclic amines) is 1. The number of aliphatic imine (C=N–C) groups is 1. The molecule has 1 N–H and O–H groups in total. The van der Waals surface area contributed by atoms with Crippen molar-refractivity contribution in [2.24, 2.45) is 4.99 Å². The van der Waals surface area contributed by atoms with E-state index >= 15 is 0 Å². The fraction of sp³-hybridized carbons (Fsp3) is 0.370. The molecular formula is C27H30N6O2. The number of hydrogen-bond acceptors (Lipinski definition) is 6. The number of benzene rings is 1. The molecular weight excluding hydrogens is 440 g/mol. The fourth-order valence-corrected chi connectivity index (χ4v) is 4.36. The third kappa shape index (κ3) is 5.75. The molecule has 1 aromatic carbocycles. The molecule has 2 amide bonds. The summed E-state index contributed by atoms with van der Waals surface area (Å²) in [5.74, 6) is 3.87. The minimum absolute atomic E-state index is 0.00978. The van der Waals surface area contributed by atoms with Crippen molar-refractivity contribution < 1.29 is 9.59 Å². The van der Waals surface area contributed by atoms with Crippen LogP contribution in [-0.2, 0) is 22.4 Å². The maximum absolute atomic E-state index is 12.2. The fourth-order valence-electron chi connectivity index (χ4n) is 4.36. The average Bonchev–Trinajstić information content (AvgIpc) is 3.36. The summed E-state index contributed by atoms with van der Waals surface area (Å²) >= 11 is 0. The Kier molecular flexibility index (Phi) is 7.56. The van der Waals surface area contributed by atoms with Crippen LogP contribution < -0.4 is 10.2 Å². The van der Waals surface area contributed by atoms with Crippen molar-refractivity contribution in [2.45, 2.75) is 44.6 Å². The van der Waals surface area contributed by atoms with E-state index in [1.165, 1.54) is 6.08 Å². The molecule has 4 rings (SSSR count). The lowest BCUT2D eigenvalue weighted by atomic mass is 10.1. The molecule has 2 aliphatic rings. The first-order chi connectivity index (χ1) is 17.0. The van der Waals surface area contributed by atoms with Crippen LogP contribution >= 0.6 is 0 Å². The lowest BCUT2D eigenvalue weighted by molar-refractivity contribution is -0.127. The van der Waals surface area contributed by atoms with E-state index < -0.39 is 0 Å². The van der Waals surface area contributed by atoms with Crippen molar-refractivity contribution in [3.8, 4) is 12.3 Å². The van der Waals surface area contributed by atoms with E-state index in [-0.39, 0.29) is 17.9 Å². The zero-order valence-electron chi connectivity index (χ0n) is 20.0. The molecule has 1 saturated heterocycles. The van der Waals surface area contributed by atoms with Crippen LogP contribution in [0.5, 0.6) is 0 Å². The molecule has 0 saturated carbocycles. The SMILES string of the molecule is C#CCCC(=O)N(C)c1ccc(Cc2nc3c(c(NC4CCCN(C(=O)C=C)C4)n2)N=CC3)cc1. The quantitative estimate of drug-likeness (QED) is 0.472. The van der Waals surface area contributed by atoms with Crippen molar-refractivity contribution >= 4 is 35.2 Å². The number of aromatic nitrogens is 2. The van der Waals surface area contributed by atoms with Crippen molar-refractivity contribution in [3.63, 3.8) is 0 Å². The molecule has 8 heteroatoms. The van der Waals surface area contributed by atoms with Gasteiger partial charge in [0.05, 0.1) is 5.69 Å². The van der Waals surface area contributed by atoms with E-state index in [9.17, 15) is 9.59 Å². The number of terminal acetylenes is 1. The van der Waals surface area contributed by atoms with Gasteiger partial charge in [0.2, 0.25) is 11.8 Å². The van der Waals surface area contributed by atoms with Gasteiger partial charge in [-0.2, -0.15) is 0 Å². The highest BCUT2D eigenvalue weighted by Gasteiger charge is 2.25. The van der Waals surface area contributed by atoms with Crippen LogP contribution in [-0.4, -0.2) is 59.1 Å². The first-order valence-electron chi connectivity index (χ1n) is 11.9. The van der Waals surface area contributed by atoms with Gasteiger partial charge in [-0.1, -0.05) is 18.7 Å². The van der Waals surface area contributed by atoms with E-state index in [0.29, 0.717) is 43.9 Å². The molecule has 0 spiro atoms. The molecule has 1 unspecified atom stereocenters. The summed E-state index contributed by atoms with van der Waals surface area (Å²) in [5.41, 5.74) is 3.55. The molecule has 3 heterocycles. The highest BCUT2D eigenvalue weighted by Crippen LogP contribution is 2.32. The van der Waals surface area contributed by atoms with E-state index in [2.05, 4.69) is 22.8 Å². The number of carbonyl (C=O) groups is 2. The van der Waals surface area contributed by atoms with Crippen molar-refractivity contribution in [3.05, 3.63) is 54.0 Å². The van der Waals surface area contributed by atoms with Crippen LogP contribution in [0.1, 0.15) is 42.8 Å². The summed E-state index contributed by atoms with van der Waals surface area (Å²) in [6.07, 6.45) is 12.4. The number of nitrogens with zero attached hydrogens (tertiary/aromatic N) is 5. The molecule has 180 valence electrons. The highest BCUT2D eigenvalue weighted by molar-refractivity contribution is 5.92. The number of piperidine rings is 1. The van der Waals surface area contributed by atoms with Gasteiger partial charge < -0.3 is 15.1 Å². The van der Waals surface area contributed by atoms with Gasteiger partial charge in [-0.25, -0.2) is 9.97 Å². The van der Waals surface area contributed by atoms with Crippen LogP contribution in [0.2, 0.25) is 0 Å². The second-order valence-corrected chi connectivity index (χ2v) is 8.77. The Balaban J connectivity index is 1.47. The third-order valence-corrected chi connectivity index (χ3v) is 6.30. The van der Waals surface area contributed by atoms with E-state index in [1.54, 1.807) is 11.9 Å². The number of fused-ring (bicyclic) bond motifs is 1. The number of nitrogens with one attached hydrogen (secondary N) is 1. The standard InChI is InChI=1S/C27H30N6O2/c1-4-6-9-25(35)32(3)21-12-10-19(11-13-21)17-23-30-22-14-15-28-26(22)27(31-23)29-20-8-7-16-33(18-20)24(34)5-2/h1,5,10-13,15,20H,2,6-9,14,16-18H2,3H3,(H,29,30,31). The molecule has 2 aromatic rings. The van der Waals surface area contributed by atoms with Gasteiger partial charge in [0, 0.05) is 63.8 Å². The number of hydrogen-bond donors (Lipinski definition) is 1. The second kappa shape index (κ2) is 11.0. The van der Waals surface area contributed by atoms with Gasteiger partial charge in [0.15, 0.2) is 5.82 Å². The van der Waals surface area contributed by atoms with Crippen LogP contribution in [0.15, 0.2) is 41.9 Å². The maximum Gasteiger partial charge on any atom is 0.246 e. The number of carbonyl (C=O) groups excluding carboxylic acids is 2. The van der Waals surface area contributed by atoms with Gasteiger partial charge in [-0.15, -0.1) is 12.3 Å². The van der Waals surface area contributed by atoms with Crippen LogP contribution in [0, 0.1) is 12.3 Å². The van der Waals surface area contributed by atoms with Crippen LogP contribution in [0.3, 0.4) is 0 Å². The van der Waals surface area contributed by atoms with Crippen LogP contribution in [0.4, 0.5) is 17.2 Å². The van der Waals surface area contributed by atoms with Gasteiger partial charge in [-0.05, 0) is 36.6 Å². The van der Waals surface area contributed by atoms with Crippen molar-refractivity contribution in [1.82, 2.24) is 14.9 Å². The minimum Gasteiger partial charge on any atom is -0.364 e. The predicted molar refractivity (Wildman–Crippen MR) is 138 cm³/mol. The van der Waals surface area contributed by atoms with E-state index in [4.69, 9.17) is 16.4 Å². The highest BCUT2D eigenvalue weighted by atomic mass is 16.2. The Morgan fingerprint density at radius 1 is 1.31 bits per heavy atom. The lowest BCUT2D eigenvalue weighted by Gasteiger charge is -2.33. The Hall–Kier alpha value is -3.99. The van der Waals surface area contributed by atoms with Gasteiger partial charge in [0.25, 0.3) is 0 Å². The van der Waals surface area contributed by atoms with E-state index in [0.717, 1.165) is 42.0 Å². The maximum atomic E-state index is 12.2. The molecule has 1 fully saturated rings. The normalized spacial score (nSPS) is 16.3. The molecule has 35 heavy (non-hydrogen) atoms. The summed E-state index contributed by atoms with van der Waals surface area (Å²) in [6.45, 7) is 4.95. The van der Waals surface area contributed by atoms with Crippen molar-refractivity contribution in [1.29, 1.82) is 0 Å². The lowest BCUT2D eigenvalue weighted by Crippen LogP contribution is -2.44. The molecule has 0 aliphatic carbocycles. The summed E-state index contributed by atoms with van der Waals surface area (Å²) in [6, 6.07) is 7.91. The Labute approximate surface area is 206 Å². The first kappa shape index (κ1) is 24.1. The van der Waals surface area contributed by atoms with Gasteiger partial charge in [-0.3, -0.25) is 14.6 Å². The molecule has 8 nitrogen and oxygen atoms in total. The largest absolute Gasteiger partial charge is 0.364 e. The zero-order valence-corrected chi connectivity index (χ0v) is 20.0. The summed E-state index contributed by atoms with van der Waals surface area (Å²) in [5, 5.41) is 3.52. The number of rotatable bonds is 8. The Bertz CT molecular complexity index is 1180. The number of anilines is 2. The molecule has 0 radical (unpaired) electrons. The second-order valence-electron chi connectivity index (χ2n) is 8.77. The number of amides is 2. The monoisotopic (exact) mass is 470 g/mol. The predicted octanol–water partition coefficient (Wildman–Crippen LogP) is 3.29. The van der Waals surface area contributed by atoms with Crippen LogP contribution in [0.25, 0.3) is 0 Å². The topological polar surface area (TPSA) is 90.8 Å². The molecule has 1 aromatic heterocycles. The summed E-state index contributed by atoms with van der Waals surface area (Å²) in [4.78, 5) is 41.8.